The highest BCUT2D eigenvalue weighted by Crippen LogP contribution is 2.26. The summed E-state index contributed by atoms with van der Waals surface area (Å²) in [5.41, 5.74) is 7.83. The van der Waals surface area contributed by atoms with E-state index in [9.17, 15) is 4.79 Å². The third-order valence-corrected chi connectivity index (χ3v) is 3.22. The highest BCUT2D eigenvalue weighted by Gasteiger charge is 2.03. The molecule has 3 N–H and O–H groups in total. The van der Waals surface area contributed by atoms with E-state index in [1.54, 1.807) is 11.8 Å². The number of nitrogen functional groups attached to an aromatic ring is 1. The molecule has 1 aromatic rings. The van der Waals surface area contributed by atoms with Crippen LogP contribution in [0.2, 0.25) is 0 Å². The molecule has 0 saturated heterocycles. The van der Waals surface area contributed by atoms with Crippen molar-refractivity contribution < 1.29 is 4.79 Å². The van der Waals surface area contributed by atoms with Gasteiger partial charge in [-0.1, -0.05) is 6.07 Å². The molecule has 0 aliphatic rings. The normalized spacial score (nSPS) is 10.1. The average molecular weight is 238 g/mol. The summed E-state index contributed by atoms with van der Waals surface area (Å²) in [5, 5.41) is 2.77. The Bertz CT molecular complexity index is 366. The molecule has 16 heavy (non-hydrogen) atoms. The molecule has 3 nitrogen and oxygen atoms in total. The van der Waals surface area contributed by atoms with Crippen molar-refractivity contribution >= 4 is 23.4 Å². The van der Waals surface area contributed by atoms with Crippen molar-refractivity contribution in [1.82, 2.24) is 5.32 Å². The number of aryl methyl sites for hydroxylation is 1. The molecule has 0 radical (unpaired) electrons. The van der Waals surface area contributed by atoms with Crippen molar-refractivity contribution in [2.24, 2.45) is 0 Å². The summed E-state index contributed by atoms with van der Waals surface area (Å²) in [6.45, 7) is 4.62. The zero-order chi connectivity index (χ0) is 12.0. The van der Waals surface area contributed by atoms with Crippen molar-refractivity contribution in [3.8, 4) is 0 Å². The highest BCUT2D eigenvalue weighted by atomic mass is 32.2. The van der Waals surface area contributed by atoms with Crippen LogP contribution in [-0.4, -0.2) is 18.2 Å². The second kappa shape index (κ2) is 6.43. The topological polar surface area (TPSA) is 55.1 Å². The summed E-state index contributed by atoms with van der Waals surface area (Å²) >= 11 is 1.62. The molecule has 1 rings (SSSR count). The first-order valence-electron chi connectivity index (χ1n) is 5.39. The minimum absolute atomic E-state index is 0.0979. The second-order valence-electron chi connectivity index (χ2n) is 3.59. The Hall–Kier alpha value is -1.16. The summed E-state index contributed by atoms with van der Waals surface area (Å²) < 4.78 is 0. The van der Waals surface area contributed by atoms with E-state index < -0.39 is 0 Å². The van der Waals surface area contributed by atoms with Crippen LogP contribution in [0.1, 0.15) is 18.9 Å². The molecule has 0 heterocycles. The maximum Gasteiger partial charge on any atom is 0.220 e. The van der Waals surface area contributed by atoms with Gasteiger partial charge in [0.25, 0.3) is 0 Å². The molecule has 1 aromatic carbocycles. The van der Waals surface area contributed by atoms with Gasteiger partial charge in [0.1, 0.15) is 0 Å². The van der Waals surface area contributed by atoms with Crippen molar-refractivity contribution in [2.75, 3.05) is 18.0 Å². The largest absolute Gasteiger partial charge is 0.398 e. The van der Waals surface area contributed by atoms with Gasteiger partial charge in [0.2, 0.25) is 5.91 Å². The molecule has 0 aromatic heterocycles. The van der Waals surface area contributed by atoms with Gasteiger partial charge in [0, 0.05) is 29.3 Å². The zero-order valence-electron chi connectivity index (χ0n) is 9.75. The Morgan fingerprint density at radius 3 is 2.88 bits per heavy atom. The van der Waals surface area contributed by atoms with Gasteiger partial charge in [0.05, 0.1) is 0 Å². The summed E-state index contributed by atoms with van der Waals surface area (Å²) in [5.74, 6) is 0.861. The van der Waals surface area contributed by atoms with E-state index in [-0.39, 0.29) is 5.91 Å². The van der Waals surface area contributed by atoms with E-state index >= 15 is 0 Å². The van der Waals surface area contributed by atoms with Crippen LogP contribution in [0.15, 0.2) is 23.1 Å². The molecule has 88 valence electrons. The van der Waals surface area contributed by atoms with Crippen LogP contribution in [0.4, 0.5) is 5.69 Å². The summed E-state index contributed by atoms with van der Waals surface area (Å²) in [6.07, 6.45) is 0.534. The lowest BCUT2D eigenvalue weighted by molar-refractivity contribution is -0.120. The Balaban J connectivity index is 2.40. The number of anilines is 1. The zero-order valence-corrected chi connectivity index (χ0v) is 10.6. The molecule has 0 aliphatic heterocycles. The van der Waals surface area contributed by atoms with Crippen molar-refractivity contribution in [3.05, 3.63) is 23.8 Å². The monoisotopic (exact) mass is 238 g/mol. The van der Waals surface area contributed by atoms with Gasteiger partial charge >= 0.3 is 0 Å². The fourth-order valence-electron chi connectivity index (χ4n) is 1.34. The molecule has 0 aliphatic carbocycles. The fourth-order valence-corrected chi connectivity index (χ4v) is 2.24. The van der Waals surface area contributed by atoms with Gasteiger partial charge in [-0.25, -0.2) is 0 Å². The van der Waals surface area contributed by atoms with E-state index in [4.69, 9.17) is 5.73 Å². The lowest BCUT2D eigenvalue weighted by atomic mass is 10.2. The number of hydrogen-bond donors (Lipinski definition) is 2. The van der Waals surface area contributed by atoms with E-state index in [1.165, 1.54) is 0 Å². The number of nitrogens with two attached hydrogens (primary N) is 1. The van der Waals surface area contributed by atoms with E-state index in [2.05, 4.69) is 5.32 Å². The maximum atomic E-state index is 11.2. The fraction of sp³-hybridized carbons (Fsp3) is 0.417. The van der Waals surface area contributed by atoms with Gasteiger partial charge in [0.15, 0.2) is 0 Å². The van der Waals surface area contributed by atoms with Gasteiger partial charge in [-0.05, 0) is 31.5 Å². The van der Waals surface area contributed by atoms with Crippen molar-refractivity contribution in [1.29, 1.82) is 0 Å². The van der Waals surface area contributed by atoms with E-state index in [1.807, 2.05) is 32.0 Å². The number of carbonyl (C=O) groups is 1. The molecule has 4 heteroatoms. The van der Waals surface area contributed by atoms with Crippen LogP contribution in [0.5, 0.6) is 0 Å². The van der Waals surface area contributed by atoms with Crippen molar-refractivity contribution in [2.45, 2.75) is 25.2 Å². The van der Waals surface area contributed by atoms with Crippen LogP contribution >= 0.6 is 11.8 Å². The Morgan fingerprint density at radius 2 is 2.25 bits per heavy atom. The third kappa shape index (κ3) is 4.14. The number of amides is 1. The minimum atomic E-state index is 0.0979. The summed E-state index contributed by atoms with van der Waals surface area (Å²) in [6, 6.07) is 5.99. The number of carbonyl (C=O) groups excluding carboxylic acids is 1. The predicted molar refractivity (Wildman–Crippen MR) is 69.6 cm³/mol. The lowest BCUT2D eigenvalue weighted by Crippen LogP contribution is -2.22. The maximum absolute atomic E-state index is 11.2. The Kier molecular flexibility index (Phi) is 5.19. The van der Waals surface area contributed by atoms with Crippen LogP contribution in [-0.2, 0) is 4.79 Å². The Morgan fingerprint density at radius 1 is 1.50 bits per heavy atom. The molecular formula is C12H18N2OS. The molecule has 0 saturated carbocycles. The average Bonchev–Trinajstić information content (AvgIpc) is 2.22. The molecule has 1 amide bonds. The predicted octanol–water partition coefficient (Wildman–Crippen LogP) is 2.20. The first kappa shape index (κ1) is 12.9. The molecule has 0 atom stereocenters. The number of hydrogen-bond acceptors (Lipinski definition) is 3. The molecule has 0 bridgehead atoms. The SMILES string of the molecule is CCNC(=O)CCSc1ccc(C)cc1N. The first-order valence-corrected chi connectivity index (χ1v) is 6.37. The standard InChI is InChI=1S/C12H18N2OS/c1-3-14-12(15)6-7-16-11-5-4-9(2)8-10(11)13/h4-5,8H,3,6-7,13H2,1-2H3,(H,14,15). The molecule has 0 spiro atoms. The number of rotatable bonds is 5. The highest BCUT2D eigenvalue weighted by molar-refractivity contribution is 7.99. The lowest BCUT2D eigenvalue weighted by Gasteiger charge is -2.06. The summed E-state index contributed by atoms with van der Waals surface area (Å²) in [4.78, 5) is 12.3. The van der Waals surface area contributed by atoms with Crippen LogP contribution in [0.25, 0.3) is 0 Å². The van der Waals surface area contributed by atoms with Gasteiger partial charge in [-0.15, -0.1) is 11.8 Å². The molecule has 0 unspecified atom stereocenters. The summed E-state index contributed by atoms with van der Waals surface area (Å²) in [7, 11) is 0. The minimum Gasteiger partial charge on any atom is -0.398 e. The first-order chi connectivity index (χ1) is 7.63. The quantitative estimate of drug-likeness (QED) is 0.611. The van der Waals surface area contributed by atoms with Crippen molar-refractivity contribution in [3.63, 3.8) is 0 Å². The third-order valence-electron chi connectivity index (χ3n) is 2.13. The smallest absolute Gasteiger partial charge is 0.220 e. The number of thioether (sulfide) groups is 1. The second-order valence-corrected chi connectivity index (χ2v) is 4.73. The van der Waals surface area contributed by atoms with E-state index in [0.29, 0.717) is 13.0 Å². The van der Waals surface area contributed by atoms with Gasteiger partial charge < -0.3 is 11.1 Å². The van der Waals surface area contributed by atoms with Gasteiger partial charge in [-0.3, -0.25) is 4.79 Å². The number of nitrogens with one attached hydrogen (secondary N) is 1. The Labute approximate surface area is 101 Å². The van der Waals surface area contributed by atoms with Gasteiger partial charge in [-0.2, -0.15) is 0 Å². The van der Waals surface area contributed by atoms with E-state index in [0.717, 1.165) is 21.9 Å². The van der Waals surface area contributed by atoms with Crippen LogP contribution < -0.4 is 11.1 Å². The molecular weight excluding hydrogens is 220 g/mol. The van der Waals surface area contributed by atoms with Crippen LogP contribution in [0, 0.1) is 6.92 Å². The number of benzene rings is 1. The van der Waals surface area contributed by atoms with Crippen LogP contribution in [0.3, 0.4) is 0 Å². The molecule has 0 fully saturated rings.